The van der Waals surface area contributed by atoms with Crippen LogP contribution in [-0.2, 0) is 19.1 Å². The van der Waals surface area contributed by atoms with E-state index in [9.17, 15) is 14.4 Å². The molecule has 0 heterocycles. The van der Waals surface area contributed by atoms with E-state index in [1.165, 1.54) is 0 Å². The molecule has 0 bridgehead atoms. The van der Waals surface area contributed by atoms with Gasteiger partial charge in [-0.1, -0.05) is 35.4 Å². The van der Waals surface area contributed by atoms with E-state index in [-0.39, 0.29) is 34.1 Å². The molecule has 0 aliphatic heterocycles. The normalized spacial score (nSPS) is 12.5. The Morgan fingerprint density at radius 3 is 2.09 bits per heavy atom. The lowest BCUT2D eigenvalue weighted by atomic mass is 9.88. The third-order valence-corrected chi connectivity index (χ3v) is 8.68. The van der Waals surface area contributed by atoms with Crippen LogP contribution in [0.25, 0.3) is 0 Å². The van der Waals surface area contributed by atoms with E-state index in [1.54, 1.807) is 21.6 Å². The molecule has 0 spiro atoms. The molecule has 0 aliphatic carbocycles. The number of amides is 3. The third kappa shape index (κ3) is 16.7. The maximum Gasteiger partial charge on any atom is 0.225 e. The largest absolute Gasteiger partial charge is 0.375 e. The van der Waals surface area contributed by atoms with E-state index in [0.29, 0.717) is 45.4 Å². The van der Waals surface area contributed by atoms with Crippen LogP contribution in [0.5, 0.6) is 0 Å². The Morgan fingerprint density at radius 2 is 1.50 bits per heavy atom. The van der Waals surface area contributed by atoms with Crippen LogP contribution in [0.3, 0.4) is 0 Å². The van der Waals surface area contributed by atoms with E-state index in [2.05, 4.69) is 29.8 Å². The fraction of sp³-hybridized carbons (Fsp3) is 0.880. The lowest BCUT2D eigenvalue weighted by Gasteiger charge is -2.29. The maximum absolute atomic E-state index is 12.3. The second-order valence-corrected chi connectivity index (χ2v) is 14.0. The number of hydrogen-bond donors (Lipinski definition) is 3. The van der Waals surface area contributed by atoms with Gasteiger partial charge >= 0.3 is 0 Å². The summed E-state index contributed by atoms with van der Waals surface area (Å²) >= 11 is 0. The van der Waals surface area contributed by atoms with E-state index in [0.717, 1.165) is 12.2 Å². The molecule has 34 heavy (non-hydrogen) atoms. The molecule has 0 unspecified atom stereocenters. The number of rotatable bonds is 18. The molecule has 7 nitrogen and oxygen atoms in total. The smallest absolute Gasteiger partial charge is 0.225 e. The molecule has 0 aromatic carbocycles. The van der Waals surface area contributed by atoms with Crippen molar-refractivity contribution in [3.8, 4) is 0 Å². The van der Waals surface area contributed by atoms with Crippen molar-refractivity contribution in [1.82, 2.24) is 16.0 Å². The number of carbonyl (C=O) groups is 3. The molecule has 0 rings (SSSR count). The molecule has 0 fully saturated rings. The van der Waals surface area contributed by atoms with Crippen molar-refractivity contribution >= 4 is 39.3 Å². The van der Waals surface area contributed by atoms with Gasteiger partial charge in [0.2, 0.25) is 17.7 Å². The summed E-state index contributed by atoms with van der Waals surface area (Å²) in [5.41, 5.74) is -0.864. The summed E-state index contributed by atoms with van der Waals surface area (Å²) < 4.78 is 6.01. The first kappa shape index (κ1) is 33.1. The first-order valence-corrected chi connectivity index (χ1v) is 14.7. The third-order valence-electron chi connectivity index (χ3n) is 5.33. The van der Waals surface area contributed by atoms with Crippen LogP contribution < -0.4 is 16.0 Å². The molecule has 9 heteroatoms. The predicted octanol–water partition coefficient (Wildman–Crippen LogP) is 4.70. The standard InChI is InChI=1S/C25H49N3O4S2/c1-10-26-20(29)11-13-25(8,9)34-33-18-12-21(30)27-16-14-24(6,7)32-17-15-23(4,5)22(31)28-19(2)3/h19H,10-18H2,1-9H3,(H,26,29)(H,27,30)(H,28,31). The zero-order valence-electron chi connectivity index (χ0n) is 22.9. The second kappa shape index (κ2) is 15.9. The molecule has 0 saturated carbocycles. The first-order valence-electron chi connectivity index (χ1n) is 12.4. The quantitative estimate of drug-likeness (QED) is 0.179. The van der Waals surface area contributed by atoms with Gasteiger partial charge in [0, 0.05) is 54.5 Å². The predicted molar refractivity (Wildman–Crippen MR) is 146 cm³/mol. The Labute approximate surface area is 215 Å². The summed E-state index contributed by atoms with van der Waals surface area (Å²) in [5, 5.41) is 8.76. The highest BCUT2D eigenvalue weighted by molar-refractivity contribution is 8.77. The number of hydrogen-bond acceptors (Lipinski definition) is 6. The number of ether oxygens (including phenoxy) is 1. The van der Waals surface area contributed by atoms with Gasteiger partial charge in [0.1, 0.15) is 0 Å². The first-order chi connectivity index (χ1) is 15.6. The Balaban J connectivity index is 4.08. The summed E-state index contributed by atoms with van der Waals surface area (Å²) in [6.45, 7) is 19.7. The Bertz CT molecular complexity index is 638. The summed E-state index contributed by atoms with van der Waals surface area (Å²) in [5.74, 6) is 0.898. The average Bonchev–Trinajstić information content (AvgIpc) is 2.69. The van der Waals surface area contributed by atoms with E-state index < -0.39 is 5.41 Å². The lowest BCUT2D eigenvalue weighted by molar-refractivity contribution is -0.132. The molecular weight excluding hydrogens is 470 g/mol. The molecule has 0 aromatic heterocycles. The minimum Gasteiger partial charge on any atom is -0.375 e. The maximum atomic E-state index is 12.3. The van der Waals surface area contributed by atoms with Gasteiger partial charge in [-0.2, -0.15) is 0 Å². The molecule has 0 atom stereocenters. The second-order valence-electron chi connectivity index (χ2n) is 10.8. The highest BCUT2D eigenvalue weighted by Gasteiger charge is 2.29. The van der Waals surface area contributed by atoms with Crippen molar-refractivity contribution in [2.75, 3.05) is 25.4 Å². The van der Waals surface area contributed by atoms with Gasteiger partial charge in [0.25, 0.3) is 0 Å². The zero-order chi connectivity index (χ0) is 26.4. The molecule has 0 radical (unpaired) electrons. The average molecular weight is 520 g/mol. The van der Waals surface area contributed by atoms with Crippen molar-refractivity contribution in [3.05, 3.63) is 0 Å². The summed E-state index contributed by atoms with van der Waals surface area (Å²) in [6.07, 6.45) is 3.12. The van der Waals surface area contributed by atoms with Crippen LogP contribution in [0.4, 0.5) is 0 Å². The minimum absolute atomic E-state index is 0.0163. The highest BCUT2D eigenvalue weighted by atomic mass is 33.1. The topological polar surface area (TPSA) is 96.5 Å². The van der Waals surface area contributed by atoms with Gasteiger partial charge in [0.15, 0.2) is 0 Å². The molecule has 0 aliphatic rings. The Kier molecular flexibility index (Phi) is 15.5. The van der Waals surface area contributed by atoms with E-state index in [4.69, 9.17) is 4.74 Å². The van der Waals surface area contributed by atoms with Gasteiger partial charge in [-0.15, -0.1) is 0 Å². The van der Waals surface area contributed by atoms with E-state index >= 15 is 0 Å². The summed E-state index contributed by atoms with van der Waals surface area (Å²) in [7, 11) is 3.41. The fourth-order valence-corrected chi connectivity index (χ4v) is 5.46. The van der Waals surface area contributed by atoms with Crippen molar-refractivity contribution in [2.24, 2.45) is 5.41 Å². The number of nitrogens with one attached hydrogen (secondary N) is 3. The van der Waals surface area contributed by atoms with Crippen LogP contribution in [-0.4, -0.2) is 59.6 Å². The van der Waals surface area contributed by atoms with Crippen molar-refractivity contribution in [1.29, 1.82) is 0 Å². The highest BCUT2D eigenvalue weighted by Crippen LogP contribution is 2.39. The van der Waals surface area contributed by atoms with Crippen molar-refractivity contribution in [2.45, 2.75) is 111 Å². The van der Waals surface area contributed by atoms with Crippen LogP contribution >= 0.6 is 21.6 Å². The minimum atomic E-state index is -0.485. The Morgan fingerprint density at radius 1 is 0.882 bits per heavy atom. The monoisotopic (exact) mass is 519 g/mol. The molecule has 3 amide bonds. The zero-order valence-corrected chi connectivity index (χ0v) is 24.5. The molecule has 3 N–H and O–H groups in total. The van der Waals surface area contributed by atoms with Crippen LogP contribution in [0.15, 0.2) is 0 Å². The number of carbonyl (C=O) groups excluding carboxylic acids is 3. The van der Waals surface area contributed by atoms with Gasteiger partial charge in [-0.3, -0.25) is 14.4 Å². The molecule has 0 saturated heterocycles. The summed E-state index contributed by atoms with van der Waals surface area (Å²) in [4.78, 5) is 36.1. The van der Waals surface area contributed by atoms with E-state index in [1.807, 2.05) is 48.5 Å². The van der Waals surface area contributed by atoms with Crippen molar-refractivity contribution < 1.29 is 19.1 Å². The van der Waals surface area contributed by atoms with Gasteiger partial charge in [0.05, 0.1) is 5.60 Å². The van der Waals surface area contributed by atoms with Gasteiger partial charge in [-0.05, 0) is 67.7 Å². The fourth-order valence-electron chi connectivity index (χ4n) is 2.89. The molecular formula is C25H49N3O4S2. The van der Waals surface area contributed by atoms with Gasteiger partial charge in [-0.25, -0.2) is 0 Å². The lowest BCUT2D eigenvalue weighted by Crippen LogP contribution is -2.41. The van der Waals surface area contributed by atoms with Crippen molar-refractivity contribution in [3.63, 3.8) is 0 Å². The van der Waals surface area contributed by atoms with Gasteiger partial charge < -0.3 is 20.7 Å². The van der Waals surface area contributed by atoms with Crippen LogP contribution in [0, 0.1) is 5.41 Å². The molecule has 0 aromatic rings. The molecule has 200 valence electrons. The Hall–Kier alpha value is -0.930. The SMILES string of the molecule is CCNC(=O)CCC(C)(C)SSCCC(=O)NCCC(C)(C)OCCC(C)(C)C(=O)NC(C)C. The summed E-state index contributed by atoms with van der Waals surface area (Å²) in [6, 6.07) is 0.120. The van der Waals surface area contributed by atoms with Crippen LogP contribution in [0.2, 0.25) is 0 Å². The van der Waals surface area contributed by atoms with Crippen LogP contribution in [0.1, 0.15) is 94.4 Å².